The fourth-order valence-electron chi connectivity index (χ4n) is 5.51. The maximum atomic E-state index is 12.9. The number of aromatic nitrogens is 2. The molecule has 2 aliphatic rings. The summed E-state index contributed by atoms with van der Waals surface area (Å²) < 4.78 is 0. The van der Waals surface area contributed by atoms with Crippen molar-refractivity contribution in [2.45, 2.75) is 31.6 Å². The van der Waals surface area contributed by atoms with E-state index in [9.17, 15) is 15.0 Å². The van der Waals surface area contributed by atoms with Gasteiger partial charge < -0.3 is 10.2 Å². The van der Waals surface area contributed by atoms with E-state index in [1.807, 2.05) is 31.3 Å². The number of hydrogen-bond acceptors (Lipinski definition) is 5. The number of aliphatic hydroxyl groups excluding tert-OH is 1. The van der Waals surface area contributed by atoms with E-state index in [1.165, 1.54) is 0 Å². The van der Waals surface area contributed by atoms with Gasteiger partial charge in [-0.3, -0.25) is 4.79 Å². The van der Waals surface area contributed by atoms with Gasteiger partial charge >= 0.3 is 0 Å². The fraction of sp³-hybridized carbons (Fsp3) is 0.269. The Bertz CT molecular complexity index is 1170. The lowest BCUT2D eigenvalue weighted by Gasteiger charge is -2.50. The maximum Gasteiger partial charge on any atom is 0.165 e. The van der Waals surface area contributed by atoms with Gasteiger partial charge in [0.25, 0.3) is 0 Å². The Balaban J connectivity index is 1.76. The van der Waals surface area contributed by atoms with Crippen molar-refractivity contribution in [2.75, 3.05) is 0 Å². The molecule has 2 aliphatic carbocycles. The van der Waals surface area contributed by atoms with Crippen LogP contribution in [0.2, 0.25) is 0 Å². The first-order valence-corrected chi connectivity index (χ1v) is 10.6. The Kier molecular flexibility index (Phi) is 4.62. The molecule has 156 valence electrons. The highest BCUT2D eigenvalue weighted by molar-refractivity contribution is 5.98. The largest absolute Gasteiger partial charge is 0.515 e. The highest BCUT2D eigenvalue weighted by Crippen LogP contribution is 2.55. The molecule has 1 aromatic heterocycles. The van der Waals surface area contributed by atoms with Crippen LogP contribution in [0.5, 0.6) is 5.75 Å². The first kappa shape index (κ1) is 19.5. The number of benzene rings is 2. The molecule has 0 radical (unpaired) electrons. The second-order valence-electron chi connectivity index (χ2n) is 8.58. The van der Waals surface area contributed by atoms with E-state index in [0.29, 0.717) is 17.8 Å². The minimum Gasteiger partial charge on any atom is -0.515 e. The monoisotopic (exact) mass is 412 g/mol. The van der Waals surface area contributed by atoms with Crippen LogP contribution < -0.4 is 0 Å². The maximum absolute atomic E-state index is 12.9. The van der Waals surface area contributed by atoms with Crippen molar-refractivity contribution in [2.24, 2.45) is 11.8 Å². The van der Waals surface area contributed by atoms with Gasteiger partial charge in [0.15, 0.2) is 11.6 Å². The van der Waals surface area contributed by atoms with Gasteiger partial charge in [0.05, 0.1) is 12.0 Å². The van der Waals surface area contributed by atoms with Crippen molar-refractivity contribution in [3.05, 3.63) is 89.5 Å². The lowest BCUT2D eigenvalue weighted by molar-refractivity contribution is -0.123. The molecule has 0 aliphatic heterocycles. The molecular formula is C26H24N2O3. The first-order chi connectivity index (χ1) is 15.0. The summed E-state index contributed by atoms with van der Waals surface area (Å²) in [6, 6.07) is 17.1. The molecule has 5 nitrogen and oxygen atoms in total. The van der Waals surface area contributed by atoms with Crippen LogP contribution in [-0.2, 0) is 16.6 Å². The van der Waals surface area contributed by atoms with E-state index < -0.39 is 5.41 Å². The molecule has 1 saturated carbocycles. The molecule has 0 bridgehead atoms. The summed E-state index contributed by atoms with van der Waals surface area (Å²) in [6.07, 6.45) is 4.99. The number of Topliss-reactive ketones (excluding diaryl/α,β-unsaturated/α-hetero) is 1. The van der Waals surface area contributed by atoms with Crippen molar-refractivity contribution in [1.82, 2.24) is 9.97 Å². The van der Waals surface area contributed by atoms with Gasteiger partial charge in [-0.2, -0.15) is 0 Å². The molecule has 2 aromatic carbocycles. The number of fused-ring (bicyclic) bond motifs is 3. The lowest BCUT2D eigenvalue weighted by atomic mass is 9.52. The van der Waals surface area contributed by atoms with Crippen LogP contribution in [0.4, 0.5) is 0 Å². The number of ketones is 1. The van der Waals surface area contributed by atoms with Crippen LogP contribution in [0.15, 0.2) is 72.6 Å². The number of phenolic OH excluding ortho intramolecular Hbond substituents is 1. The second kappa shape index (κ2) is 7.34. The third-order valence-corrected chi connectivity index (χ3v) is 7.02. The van der Waals surface area contributed by atoms with Crippen molar-refractivity contribution in [1.29, 1.82) is 0 Å². The van der Waals surface area contributed by atoms with E-state index in [0.717, 1.165) is 41.5 Å². The van der Waals surface area contributed by atoms with Crippen molar-refractivity contribution in [3.8, 4) is 17.1 Å². The number of nitrogens with zero attached hydrogens (tertiary/aromatic N) is 2. The average molecular weight is 412 g/mol. The van der Waals surface area contributed by atoms with Gasteiger partial charge in [-0.25, -0.2) is 9.97 Å². The van der Waals surface area contributed by atoms with Crippen LogP contribution in [0.25, 0.3) is 11.4 Å². The standard InChI is InChI=1S/C26H24N2O3/c1-16-22-12-9-18-14-27-25(17-7-10-21(30)11-8-17)28-24(18)26(22,13-19(15-29)23(16)31)20-5-3-2-4-6-20/h2-8,10-11,14-16,22,29-30H,9,12-13H2,1H3/t16-,22-,26+/m0/s1. The van der Waals surface area contributed by atoms with E-state index in [1.54, 1.807) is 24.3 Å². The third kappa shape index (κ3) is 2.95. The van der Waals surface area contributed by atoms with Crippen molar-refractivity contribution in [3.63, 3.8) is 0 Å². The number of rotatable bonds is 2. The Morgan fingerprint density at radius 3 is 2.55 bits per heavy atom. The third-order valence-electron chi connectivity index (χ3n) is 7.02. The number of carbonyl (C=O) groups is 1. The normalized spacial score (nSPS) is 26.4. The van der Waals surface area contributed by atoms with Gasteiger partial charge in [0.2, 0.25) is 0 Å². The highest BCUT2D eigenvalue weighted by Gasteiger charge is 2.54. The Hall–Kier alpha value is -3.47. The zero-order valence-electron chi connectivity index (χ0n) is 17.3. The molecule has 0 saturated heterocycles. The number of allylic oxidation sites excluding steroid dienone is 1. The van der Waals surface area contributed by atoms with Crippen LogP contribution in [-0.4, -0.2) is 26.0 Å². The number of aliphatic hydroxyl groups is 1. The van der Waals surface area contributed by atoms with E-state index in [2.05, 4.69) is 17.1 Å². The molecule has 1 fully saturated rings. The first-order valence-electron chi connectivity index (χ1n) is 10.6. The summed E-state index contributed by atoms with van der Waals surface area (Å²) >= 11 is 0. The number of aromatic hydroxyl groups is 1. The molecular weight excluding hydrogens is 388 g/mol. The van der Waals surface area contributed by atoms with E-state index in [4.69, 9.17) is 4.98 Å². The summed E-state index contributed by atoms with van der Waals surface area (Å²) in [5, 5.41) is 19.5. The molecule has 5 rings (SSSR count). The summed E-state index contributed by atoms with van der Waals surface area (Å²) in [4.78, 5) is 22.6. The smallest absolute Gasteiger partial charge is 0.165 e. The second-order valence-corrected chi connectivity index (χ2v) is 8.58. The number of hydrogen-bond donors (Lipinski definition) is 2. The van der Waals surface area contributed by atoms with Gasteiger partial charge in [-0.1, -0.05) is 37.3 Å². The number of carbonyl (C=O) groups excluding carboxylic acids is 1. The summed E-state index contributed by atoms with van der Waals surface area (Å²) in [6.45, 7) is 1.97. The van der Waals surface area contributed by atoms with E-state index >= 15 is 0 Å². The average Bonchev–Trinajstić information content (AvgIpc) is 2.82. The predicted molar refractivity (Wildman–Crippen MR) is 118 cm³/mol. The molecule has 0 spiro atoms. The molecule has 1 heterocycles. The van der Waals surface area contributed by atoms with E-state index in [-0.39, 0.29) is 23.4 Å². The Morgan fingerprint density at radius 2 is 1.84 bits per heavy atom. The molecule has 2 N–H and O–H groups in total. The zero-order valence-corrected chi connectivity index (χ0v) is 17.3. The molecule has 3 aromatic rings. The molecule has 31 heavy (non-hydrogen) atoms. The van der Waals surface area contributed by atoms with Crippen molar-refractivity contribution >= 4 is 5.78 Å². The highest BCUT2D eigenvalue weighted by atomic mass is 16.3. The summed E-state index contributed by atoms with van der Waals surface area (Å²) in [5.41, 5.74) is 3.89. The Labute approximate surface area is 181 Å². The molecule has 5 heteroatoms. The van der Waals surface area contributed by atoms with Crippen LogP contribution >= 0.6 is 0 Å². The minimum absolute atomic E-state index is 0.0234. The van der Waals surface area contributed by atoms with Gasteiger partial charge in [0, 0.05) is 28.7 Å². The molecule has 0 unspecified atom stereocenters. The summed E-state index contributed by atoms with van der Waals surface area (Å²) in [5.74, 6) is 0.678. The molecule has 3 atom stereocenters. The van der Waals surface area contributed by atoms with Crippen LogP contribution in [0.3, 0.4) is 0 Å². The van der Waals surface area contributed by atoms with Crippen LogP contribution in [0.1, 0.15) is 36.6 Å². The van der Waals surface area contributed by atoms with Crippen LogP contribution in [0, 0.1) is 11.8 Å². The quantitative estimate of drug-likeness (QED) is 0.469. The Morgan fingerprint density at radius 1 is 1.10 bits per heavy atom. The summed E-state index contributed by atoms with van der Waals surface area (Å²) in [7, 11) is 0. The predicted octanol–water partition coefficient (Wildman–Crippen LogP) is 4.75. The number of aryl methyl sites for hydroxylation is 1. The van der Waals surface area contributed by atoms with Crippen molar-refractivity contribution < 1.29 is 15.0 Å². The topological polar surface area (TPSA) is 83.3 Å². The molecule has 0 amide bonds. The zero-order chi connectivity index (χ0) is 21.6. The number of phenols is 1. The van der Waals surface area contributed by atoms with Gasteiger partial charge in [-0.15, -0.1) is 0 Å². The van der Waals surface area contributed by atoms with Gasteiger partial charge in [-0.05, 0) is 60.6 Å². The lowest BCUT2D eigenvalue weighted by Crippen LogP contribution is -2.51. The van der Waals surface area contributed by atoms with Gasteiger partial charge in [0.1, 0.15) is 5.75 Å². The SMILES string of the molecule is C[C@@H]1C(=O)C(=CO)C[C@]2(c3ccccc3)c3nc(-c4ccc(O)cc4)ncc3CC[C@@H]12. The minimum atomic E-state index is -0.509. The fourth-order valence-corrected chi connectivity index (χ4v) is 5.51.